The van der Waals surface area contributed by atoms with Crippen LogP contribution in [-0.2, 0) is 16.1 Å². The van der Waals surface area contributed by atoms with Gasteiger partial charge in [0, 0.05) is 30.3 Å². The summed E-state index contributed by atoms with van der Waals surface area (Å²) >= 11 is 1.65. The zero-order chi connectivity index (χ0) is 18.0. The summed E-state index contributed by atoms with van der Waals surface area (Å²) in [6.45, 7) is 5.63. The molecule has 10 heteroatoms. The Hall–Kier alpha value is -1.68. The van der Waals surface area contributed by atoms with Crippen molar-refractivity contribution >= 4 is 23.2 Å². The van der Waals surface area contributed by atoms with Gasteiger partial charge >= 0.3 is 12.1 Å². The highest BCUT2D eigenvalue weighted by Crippen LogP contribution is 2.37. The van der Waals surface area contributed by atoms with Crippen LogP contribution in [0.15, 0.2) is 5.38 Å². The number of aryl methyl sites for hydroxylation is 1. The van der Waals surface area contributed by atoms with E-state index in [0.717, 1.165) is 36.8 Å². The molecule has 1 unspecified atom stereocenters. The number of likely N-dealkylation sites (tertiary alicyclic amines) is 1. The quantitative estimate of drug-likeness (QED) is 0.835. The van der Waals surface area contributed by atoms with Crippen LogP contribution in [0.3, 0.4) is 0 Å². The second kappa shape index (κ2) is 7.06. The third-order valence-corrected chi connectivity index (χ3v) is 4.82. The Labute approximate surface area is 140 Å². The molecule has 0 radical (unpaired) electrons. The summed E-state index contributed by atoms with van der Waals surface area (Å²) in [6.07, 6.45) is -3.24. The number of thiazole rings is 1. The van der Waals surface area contributed by atoms with Gasteiger partial charge in [0.1, 0.15) is 0 Å². The number of alkyl halides is 3. The van der Waals surface area contributed by atoms with Gasteiger partial charge in [-0.15, -0.1) is 11.3 Å². The number of halogens is 3. The highest BCUT2D eigenvalue weighted by molar-refractivity contribution is 7.09. The van der Waals surface area contributed by atoms with Crippen molar-refractivity contribution in [1.29, 1.82) is 0 Å². The first kappa shape index (κ1) is 18.7. The Kier molecular flexibility index (Phi) is 5.49. The molecule has 2 aliphatic heterocycles. The van der Waals surface area contributed by atoms with Gasteiger partial charge in [-0.3, -0.25) is 4.79 Å². The van der Waals surface area contributed by atoms with Gasteiger partial charge in [0.15, 0.2) is 0 Å². The first-order valence-electron chi connectivity index (χ1n) is 7.31. The maximum atomic E-state index is 12.0. The fourth-order valence-electron chi connectivity index (χ4n) is 2.88. The van der Waals surface area contributed by atoms with Gasteiger partial charge < -0.3 is 15.3 Å². The fourth-order valence-corrected chi connectivity index (χ4v) is 3.49. The lowest BCUT2D eigenvalue weighted by atomic mass is 9.86. The maximum Gasteiger partial charge on any atom is 0.490 e. The number of nitrogens with zero attached hydrogens (tertiary/aromatic N) is 2. The number of nitrogens with one attached hydrogen (secondary N) is 1. The summed E-state index contributed by atoms with van der Waals surface area (Å²) in [5.74, 6) is -2.47. The molecule has 1 atom stereocenters. The van der Waals surface area contributed by atoms with Crippen molar-refractivity contribution in [1.82, 2.24) is 15.2 Å². The van der Waals surface area contributed by atoms with E-state index >= 15 is 0 Å². The second-order valence-corrected chi connectivity index (χ2v) is 7.08. The molecule has 1 aromatic rings. The third kappa shape index (κ3) is 4.67. The molecule has 0 bridgehead atoms. The van der Waals surface area contributed by atoms with Gasteiger partial charge in [-0.1, -0.05) is 0 Å². The second-order valence-electron chi connectivity index (χ2n) is 6.01. The lowest BCUT2D eigenvalue weighted by Gasteiger charge is -2.21. The molecule has 0 aromatic carbocycles. The molecule has 0 saturated carbocycles. The molecule has 2 fully saturated rings. The van der Waals surface area contributed by atoms with E-state index in [-0.39, 0.29) is 5.41 Å². The topological polar surface area (TPSA) is 82.5 Å². The minimum atomic E-state index is -5.08. The number of carboxylic acid groups (broad SMARTS) is 1. The van der Waals surface area contributed by atoms with Crippen LogP contribution >= 0.6 is 11.3 Å². The Morgan fingerprint density at radius 1 is 1.54 bits per heavy atom. The molecule has 2 saturated heterocycles. The van der Waals surface area contributed by atoms with Crippen molar-refractivity contribution in [2.45, 2.75) is 32.5 Å². The third-order valence-electron chi connectivity index (χ3n) is 4.00. The molecule has 2 N–H and O–H groups in total. The molecule has 1 aromatic heterocycles. The highest BCUT2D eigenvalue weighted by atomic mass is 32.1. The van der Waals surface area contributed by atoms with Crippen molar-refractivity contribution < 1.29 is 27.9 Å². The van der Waals surface area contributed by atoms with Gasteiger partial charge in [0.2, 0.25) is 5.91 Å². The van der Waals surface area contributed by atoms with Gasteiger partial charge in [-0.2, -0.15) is 13.2 Å². The van der Waals surface area contributed by atoms with Crippen LogP contribution in [0.2, 0.25) is 0 Å². The molecular formula is C14H18F3N3O3S. The largest absolute Gasteiger partial charge is 0.490 e. The lowest BCUT2D eigenvalue weighted by molar-refractivity contribution is -0.192. The molecule has 6 nitrogen and oxygen atoms in total. The Bertz CT molecular complexity index is 612. The van der Waals surface area contributed by atoms with Gasteiger partial charge in [-0.25, -0.2) is 9.78 Å². The molecule has 3 heterocycles. The normalized spacial score (nSPS) is 23.5. The number of aromatic nitrogens is 1. The van der Waals surface area contributed by atoms with Crippen LogP contribution in [0.5, 0.6) is 0 Å². The van der Waals surface area contributed by atoms with Crippen LogP contribution in [0.4, 0.5) is 13.2 Å². The highest BCUT2D eigenvalue weighted by Gasteiger charge is 2.44. The molecule has 1 amide bonds. The fraction of sp³-hybridized carbons (Fsp3) is 0.643. The van der Waals surface area contributed by atoms with Crippen LogP contribution in [0, 0.1) is 12.3 Å². The van der Waals surface area contributed by atoms with Gasteiger partial charge in [0.05, 0.1) is 17.2 Å². The SMILES string of the molecule is Cc1nc(CN2CC3(CCNC3)CC2=O)cs1.O=C(O)C(F)(F)F. The summed E-state index contributed by atoms with van der Waals surface area (Å²) in [5, 5.41) is 13.6. The number of carboxylic acids is 1. The molecular weight excluding hydrogens is 347 g/mol. The Morgan fingerprint density at radius 2 is 2.21 bits per heavy atom. The molecule has 1 spiro atoms. The summed E-state index contributed by atoms with van der Waals surface area (Å²) in [6, 6.07) is 0. The van der Waals surface area contributed by atoms with Crippen LogP contribution < -0.4 is 5.32 Å². The monoisotopic (exact) mass is 365 g/mol. The van der Waals surface area contributed by atoms with Crippen molar-refractivity contribution in [2.24, 2.45) is 5.41 Å². The predicted molar refractivity (Wildman–Crippen MR) is 80.5 cm³/mol. The average molecular weight is 365 g/mol. The van der Waals surface area contributed by atoms with E-state index < -0.39 is 12.1 Å². The lowest BCUT2D eigenvalue weighted by Crippen LogP contribution is -2.29. The van der Waals surface area contributed by atoms with Crippen molar-refractivity contribution in [2.75, 3.05) is 19.6 Å². The number of hydrogen-bond acceptors (Lipinski definition) is 5. The number of carbonyl (C=O) groups excluding carboxylic acids is 1. The zero-order valence-electron chi connectivity index (χ0n) is 13.0. The number of carbonyl (C=O) groups is 2. The van der Waals surface area contributed by atoms with E-state index in [4.69, 9.17) is 9.90 Å². The first-order valence-corrected chi connectivity index (χ1v) is 8.19. The zero-order valence-corrected chi connectivity index (χ0v) is 13.8. The van der Waals surface area contributed by atoms with Crippen molar-refractivity contribution in [3.05, 3.63) is 16.1 Å². The number of hydrogen-bond donors (Lipinski definition) is 2. The standard InChI is InChI=1S/C12H17N3OS.C2HF3O2/c1-9-14-10(6-17-9)5-15-8-12(4-11(15)16)2-3-13-7-12;3-2(4,5)1(6)7/h6,13H,2-5,7-8H2,1H3;(H,6,7). The van der Waals surface area contributed by atoms with Crippen LogP contribution in [0.1, 0.15) is 23.5 Å². The summed E-state index contributed by atoms with van der Waals surface area (Å²) in [5.41, 5.74) is 1.24. The van der Waals surface area contributed by atoms with Crippen LogP contribution in [0.25, 0.3) is 0 Å². The van der Waals surface area contributed by atoms with E-state index in [9.17, 15) is 18.0 Å². The van der Waals surface area contributed by atoms with E-state index in [1.54, 1.807) is 11.3 Å². The van der Waals surface area contributed by atoms with Crippen molar-refractivity contribution in [3.8, 4) is 0 Å². The first-order chi connectivity index (χ1) is 11.1. The van der Waals surface area contributed by atoms with Crippen molar-refractivity contribution in [3.63, 3.8) is 0 Å². The Morgan fingerprint density at radius 3 is 2.67 bits per heavy atom. The summed E-state index contributed by atoms with van der Waals surface area (Å²) < 4.78 is 31.7. The molecule has 134 valence electrons. The minimum absolute atomic E-state index is 0.210. The minimum Gasteiger partial charge on any atom is -0.475 e. The predicted octanol–water partition coefficient (Wildman–Crippen LogP) is 1.80. The molecule has 3 rings (SSSR count). The van der Waals surface area contributed by atoms with E-state index in [2.05, 4.69) is 15.7 Å². The maximum absolute atomic E-state index is 12.0. The van der Waals surface area contributed by atoms with Gasteiger partial charge in [0.25, 0.3) is 0 Å². The van der Waals surface area contributed by atoms with Gasteiger partial charge in [-0.05, 0) is 19.9 Å². The molecule has 2 aliphatic rings. The number of amides is 1. The van der Waals surface area contributed by atoms with E-state index in [1.807, 2.05) is 11.8 Å². The molecule has 24 heavy (non-hydrogen) atoms. The summed E-state index contributed by atoms with van der Waals surface area (Å²) in [4.78, 5) is 27.3. The van der Waals surface area contributed by atoms with E-state index in [0.29, 0.717) is 18.9 Å². The Balaban J connectivity index is 0.000000256. The average Bonchev–Trinajstić information content (AvgIpc) is 3.14. The smallest absolute Gasteiger partial charge is 0.475 e. The molecule has 0 aliphatic carbocycles. The summed E-state index contributed by atoms with van der Waals surface area (Å²) in [7, 11) is 0. The number of aliphatic carboxylic acids is 1. The number of rotatable bonds is 2. The van der Waals surface area contributed by atoms with E-state index in [1.165, 1.54) is 0 Å². The van der Waals surface area contributed by atoms with Crippen LogP contribution in [-0.4, -0.2) is 52.7 Å².